The zero-order valence-electron chi connectivity index (χ0n) is 54.9. The molecule has 1 rings (SSSR count). The van der Waals surface area contributed by atoms with Gasteiger partial charge in [-0.3, -0.25) is 4.79 Å². The minimum atomic E-state index is -1.67. The molecular formula is C73H139NO10. The molecule has 0 aromatic heterocycles. The normalized spacial score (nSPS) is 19.1. The van der Waals surface area contributed by atoms with Crippen molar-refractivity contribution in [3.8, 4) is 0 Å². The van der Waals surface area contributed by atoms with Crippen molar-refractivity contribution in [2.45, 2.75) is 409 Å². The summed E-state index contributed by atoms with van der Waals surface area (Å²) in [6.07, 6.45) is 68.2. The molecule has 1 amide bonds. The van der Waals surface area contributed by atoms with Gasteiger partial charge in [-0.15, -0.1) is 0 Å². The summed E-state index contributed by atoms with van der Waals surface area (Å²) >= 11 is 0. The van der Waals surface area contributed by atoms with Crippen LogP contribution in [0.3, 0.4) is 0 Å². The molecule has 9 unspecified atom stereocenters. The van der Waals surface area contributed by atoms with Crippen molar-refractivity contribution in [1.29, 1.82) is 0 Å². The Bertz CT molecular complexity index is 1460. The second kappa shape index (κ2) is 61.6. The molecule has 0 radical (unpaired) electrons. The number of ether oxygens (including phenoxy) is 2. The molecule has 11 heteroatoms. The van der Waals surface area contributed by atoms with Crippen LogP contribution in [0.5, 0.6) is 0 Å². The van der Waals surface area contributed by atoms with E-state index in [9.17, 15) is 40.5 Å². The Balaban J connectivity index is 2.16. The van der Waals surface area contributed by atoms with E-state index in [0.29, 0.717) is 19.3 Å². The maximum Gasteiger partial charge on any atom is 0.249 e. The van der Waals surface area contributed by atoms with Crippen molar-refractivity contribution >= 4 is 5.91 Å². The van der Waals surface area contributed by atoms with E-state index >= 15 is 0 Å². The number of nitrogens with one attached hydrogen (secondary N) is 1. The smallest absolute Gasteiger partial charge is 0.249 e. The first-order chi connectivity index (χ1) is 41.2. The lowest BCUT2D eigenvalue weighted by atomic mass is 9.98. The summed E-state index contributed by atoms with van der Waals surface area (Å²) in [6, 6.07) is -1.19. The summed E-state index contributed by atoms with van der Waals surface area (Å²) in [4.78, 5) is 13.2. The topological polar surface area (TPSA) is 189 Å². The van der Waals surface area contributed by atoms with Crippen LogP contribution in [0.25, 0.3) is 0 Å². The Labute approximate surface area is 517 Å². The van der Waals surface area contributed by atoms with E-state index in [2.05, 4.69) is 55.6 Å². The highest BCUT2D eigenvalue weighted by atomic mass is 16.7. The van der Waals surface area contributed by atoms with Gasteiger partial charge in [0.1, 0.15) is 36.6 Å². The summed E-state index contributed by atoms with van der Waals surface area (Å²) in [6.45, 7) is 3.49. The Kier molecular flexibility index (Phi) is 58.9. The lowest BCUT2D eigenvalue weighted by molar-refractivity contribution is -0.303. The molecule has 84 heavy (non-hydrogen) atoms. The molecular weight excluding hydrogens is 1050 g/mol. The van der Waals surface area contributed by atoms with E-state index in [1.165, 1.54) is 270 Å². The van der Waals surface area contributed by atoms with Gasteiger partial charge in [0.25, 0.3) is 0 Å². The van der Waals surface area contributed by atoms with Crippen molar-refractivity contribution in [2.24, 2.45) is 0 Å². The molecule has 1 aliphatic heterocycles. The number of rotatable bonds is 64. The molecule has 0 saturated carbocycles. The zero-order valence-corrected chi connectivity index (χ0v) is 54.9. The molecule has 0 spiro atoms. The molecule has 1 aliphatic rings. The number of hydrogen-bond donors (Lipinski definition) is 8. The minimum Gasteiger partial charge on any atom is -0.394 e. The monoisotopic (exact) mass is 1190 g/mol. The van der Waals surface area contributed by atoms with Gasteiger partial charge in [-0.2, -0.15) is 0 Å². The van der Waals surface area contributed by atoms with Crippen LogP contribution in [0, 0.1) is 0 Å². The number of carbonyl (C=O) groups excluding carboxylic acids is 1. The third-order valence-electron chi connectivity index (χ3n) is 17.6. The highest BCUT2D eigenvalue weighted by molar-refractivity contribution is 5.80. The number of aliphatic hydroxyl groups excluding tert-OH is 7. The fourth-order valence-electron chi connectivity index (χ4n) is 11.8. The second-order valence-corrected chi connectivity index (χ2v) is 25.6. The Morgan fingerprint density at radius 2 is 0.714 bits per heavy atom. The summed E-state index contributed by atoms with van der Waals surface area (Å²) in [5.41, 5.74) is 0. The highest BCUT2D eigenvalue weighted by Crippen LogP contribution is 2.24. The number of aliphatic hydroxyl groups is 7. The molecule has 1 heterocycles. The molecule has 1 saturated heterocycles. The molecule has 11 nitrogen and oxygen atoms in total. The van der Waals surface area contributed by atoms with Gasteiger partial charge in [0.2, 0.25) is 5.91 Å². The van der Waals surface area contributed by atoms with Gasteiger partial charge in [-0.1, -0.05) is 314 Å². The summed E-state index contributed by atoms with van der Waals surface area (Å²) < 4.78 is 11.2. The van der Waals surface area contributed by atoms with Crippen molar-refractivity contribution in [2.75, 3.05) is 13.2 Å². The van der Waals surface area contributed by atoms with E-state index in [4.69, 9.17) is 9.47 Å². The van der Waals surface area contributed by atoms with Gasteiger partial charge in [0.15, 0.2) is 6.29 Å². The second-order valence-electron chi connectivity index (χ2n) is 25.6. The van der Waals surface area contributed by atoms with Crippen molar-refractivity contribution in [3.63, 3.8) is 0 Å². The average Bonchev–Trinajstić information content (AvgIpc) is 3.55. The number of carbonyl (C=O) groups is 1. The van der Waals surface area contributed by atoms with Crippen LogP contribution in [-0.4, -0.2) is 110 Å². The van der Waals surface area contributed by atoms with Crippen molar-refractivity contribution in [1.82, 2.24) is 5.32 Å². The highest BCUT2D eigenvalue weighted by Gasteiger charge is 2.44. The number of hydrogen-bond acceptors (Lipinski definition) is 10. The molecule has 0 aromatic rings. The van der Waals surface area contributed by atoms with Gasteiger partial charge < -0.3 is 50.5 Å². The number of unbranched alkanes of at least 4 members (excludes halogenated alkanes) is 46. The first-order valence-corrected chi connectivity index (χ1v) is 36.4. The molecule has 0 aromatic carbocycles. The molecule has 9 atom stereocenters. The fourth-order valence-corrected chi connectivity index (χ4v) is 11.8. The van der Waals surface area contributed by atoms with Crippen LogP contribution >= 0.6 is 0 Å². The first kappa shape index (κ1) is 80.3. The van der Waals surface area contributed by atoms with Gasteiger partial charge in [0.05, 0.1) is 25.4 Å². The Hall–Kier alpha value is -1.67. The quantitative estimate of drug-likeness (QED) is 0.0215. The zero-order chi connectivity index (χ0) is 61.0. The van der Waals surface area contributed by atoms with E-state index in [-0.39, 0.29) is 12.8 Å². The maximum absolute atomic E-state index is 13.2. The Morgan fingerprint density at radius 3 is 1.06 bits per heavy atom. The maximum atomic E-state index is 13.2. The van der Waals surface area contributed by atoms with Crippen molar-refractivity contribution < 1.29 is 50.0 Å². The third-order valence-corrected chi connectivity index (χ3v) is 17.6. The van der Waals surface area contributed by atoms with E-state index in [0.717, 1.165) is 38.5 Å². The molecule has 1 fully saturated rings. The lowest BCUT2D eigenvalue weighted by Gasteiger charge is -2.40. The number of allylic oxidation sites excluding steroid dienone is 6. The SMILES string of the molecule is CCCCCCCCCCCCCC/C=C/CC/C=C/CCCC(O)C(O)C(COC1OC(CO)C(O)C(O)C1O)NC(=O)C(O)CCCCCCCCCCCCCCCCCC/C=C\CCCCCCCCCCCCCCCCCC. The van der Waals surface area contributed by atoms with Gasteiger partial charge >= 0.3 is 0 Å². The predicted molar refractivity (Wildman–Crippen MR) is 353 cm³/mol. The predicted octanol–water partition coefficient (Wildman–Crippen LogP) is 17.8. The van der Waals surface area contributed by atoms with Gasteiger partial charge in [-0.05, 0) is 77.0 Å². The lowest BCUT2D eigenvalue weighted by Crippen LogP contribution is -2.60. The molecule has 0 aliphatic carbocycles. The summed E-state index contributed by atoms with van der Waals surface area (Å²) in [5.74, 6) is -0.705. The van der Waals surface area contributed by atoms with E-state index in [1.54, 1.807) is 0 Å². The van der Waals surface area contributed by atoms with Crippen LogP contribution in [0.15, 0.2) is 36.5 Å². The minimum absolute atomic E-state index is 0.248. The van der Waals surface area contributed by atoms with Crippen LogP contribution in [0.2, 0.25) is 0 Å². The van der Waals surface area contributed by atoms with Crippen molar-refractivity contribution in [3.05, 3.63) is 36.5 Å². The average molecular weight is 1190 g/mol. The first-order valence-electron chi connectivity index (χ1n) is 36.4. The fraction of sp³-hybridized carbons (Fsp3) is 0.904. The molecule has 8 N–H and O–H groups in total. The summed E-state index contributed by atoms with van der Waals surface area (Å²) in [7, 11) is 0. The number of amides is 1. The van der Waals surface area contributed by atoms with Crippen LogP contribution in [0.4, 0.5) is 0 Å². The van der Waals surface area contributed by atoms with Crippen LogP contribution < -0.4 is 5.32 Å². The molecule has 0 bridgehead atoms. The van der Waals surface area contributed by atoms with E-state index < -0.39 is 74.2 Å². The largest absolute Gasteiger partial charge is 0.394 e. The van der Waals surface area contributed by atoms with Gasteiger partial charge in [-0.25, -0.2) is 0 Å². The Morgan fingerprint density at radius 1 is 0.405 bits per heavy atom. The van der Waals surface area contributed by atoms with Crippen LogP contribution in [0.1, 0.15) is 354 Å². The summed E-state index contributed by atoms with van der Waals surface area (Å²) in [5, 5.41) is 76.4. The van der Waals surface area contributed by atoms with Gasteiger partial charge in [0, 0.05) is 0 Å². The molecule has 496 valence electrons. The standard InChI is InChI=1S/C73H139NO10/c1-3-5-7-9-11-13-15-17-19-21-23-25-26-27-28-29-30-31-32-33-34-35-36-37-38-39-41-43-45-47-49-51-53-55-57-59-61-66(77)72(82)74-64(63-83-73-71(81)70(80)69(79)67(62-75)84-73)68(78)65(76)60-58-56-54-52-50-48-46-44-42-40-24-22-20-18-16-14-12-10-8-6-4-2/h31-32,44,46,52,54,64-71,73,75-81H,3-30,33-43,45,47-51,53,55-63H2,1-2H3,(H,74,82)/b32-31-,46-44+,54-52+. The van der Waals surface area contributed by atoms with E-state index in [1.807, 2.05) is 0 Å². The third kappa shape index (κ3) is 48.3. The van der Waals surface area contributed by atoms with Crippen LogP contribution in [-0.2, 0) is 14.3 Å².